The first-order valence-electron chi connectivity index (χ1n) is 10.8. The average molecular weight is 455 g/mol. The molecule has 2 aromatic rings. The highest BCUT2D eigenvalue weighted by Gasteiger charge is 2.47. The molecule has 32 heavy (non-hydrogen) atoms. The molecule has 2 aliphatic carbocycles. The summed E-state index contributed by atoms with van der Waals surface area (Å²) in [6, 6.07) is 16.9. The maximum atomic E-state index is 12.8. The van der Waals surface area contributed by atoms with Gasteiger partial charge in [-0.1, -0.05) is 72.3 Å². The van der Waals surface area contributed by atoms with Crippen LogP contribution >= 0.6 is 11.8 Å². The molecule has 0 saturated heterocycles. The fourth-order valence-corrected chi connectivity index (χ4v) is 5.14. The number of hydrogen-bond donors (Lipinski definition) is 1. The fraction of sp³-hybridized carbons (Fsp3) is 0.346. The van der Waals surface area contributed by atoms with E-state index in [2.05, 4.69) is 6.08 Å². The van der Waals surface area contributed by atoms with Gasteiger partial charge >= 0.3 is 5.97 Å². The second kappa shape index (κ2) is 10.5. The second-order valence-electron chi connectivity index (χ2n) is 8.09. The summed E-state index contributed by atoms with van der Waals surface area (Å²) >= 11 is 1.24. The van der Waals surface area contributed by atoms with Crippen molar-refractivity contribution in [3.8, 4) is 0 Å². The minimum absolute atomic E-state index is 0.0169. The number of benzene rings is 2. The number of fused-ring (bicyclic) bond motifs is 1. The third-order valence-electron chi connectivity index (χ3n) is 5.91. The number of thioether (sulfide) groups is 1. The lowest BCUT2D eigenvalue weighted by atomic mass is 9.88. The Bertz CT molecular complexity index is 973. The van der Waals surface area contributed by atoms with Gasteiger partial charge < -0.3 is 14.6 Å². The third-order valence-corrected chi connectivity index (χ3v) is 7.01. The van der Waals surface area contributed by atoms with Gasteiger partial charge in [-0.25, -0.2) is 9.18 Å². The molecule has 2 aromatic carbocycles. The standard InChI is InChI=1S/C26H27FO4S/c27-16-19-11-13-20(14-12-19)17-30-26(15-5-9-22-8-4-10-23(22)26)31-25(24(28)29)32-18-21-6-2-1-3-7-21/h1-3,5-7,9,11-15,23,25H,4,8,10,16-18H2,(H,28,29). The average Bonchev–Trinajstić information content (AvgIpc) is 3.32. The Morgan fingerprint density at radius 3 is 2.59 bits per heavy atom. The van der Waals surface area contributed by atoms with E-state index in [1.54, 1.807) is 12.1 Å². The number of allylic oxidation sites excluding steroid dienone is 2. The summed E-state index contributed by atoms with van der Waals surface area (Å²) in [6.07, 6.45) is 8.71. The molecular weight excluding hydrogens is 427 g/mol. The Morgan fingerprint density at radius 2 is 1.88 bits per heavy atom. The minimum atomic E-state index is -1.15. The van der Waals surface area contributed by atoms with Crippen molar-refractivity contribution in [2.45, 2.75) is 49.5 Å². The lowest BCUT2D eigenvalue weighted by Gasteiger charge is -2.40. The first kappa shape index (κ1) is 22.8. The zero-order valence-corrected chi connectivity index (χ0v) is 18.6. The highest BCUT2D eigenvalue weighted by atomic mass is 32.2. The topological polar surface area (TPSA) is 55.8 Å². The van der Waals surface area contributed by atoms with Crippen molar-refractivity contribution in [1.82, 2.24) is 0 Å². The van der Waals surface area contributed by atoms with Crippen LogP contribution in [-0.2, 0) is 33.3 Å². The summed E-state index contributed by atoms with van der Waals surface area (Å²) in [5, 5.41) is 9.90. The highest BCUT2D eigenvalue weighted by Crippen LogP contribution is 2.46. The molecule has 0 aromatic heterocycles. The van der Waals surface area contributed by atoms with Crippen molar-refractivity contribution in [2.24, 2.45) is 5.92 Å². The van der Waals surface area contributed by atoms with E-state index in [-0.39, 0.29) is 12.5 Å². The van der Waals surface area contributed by atoms with Crippen LogP contribution < -0.4 is 0 Å². The molecule has 3 atom stereocenters. The van der Waals surface area contributed by atoms with Gasteiger partial charge in [-0.3, -0.25) is 0 Å². The molecule has 1 fully saturated rings. The van der Waals surface area contributed by atoms with Crippen LogP contribution in [0.3, 0.4) is 0 Å². The minimum Gasteiger partial charge on any atom is -0.479 e. The monoisotopic (exact) mass is 454 g/mol. The molecule has 1 N–H and O–H groups in total. The van der Waals surface area contributed by atoms with E-state index in [1.165, 1.54) is 17.3 Å². The van der Waals surface area contributed by atoms with Gasteiger partial charge in [0.05, 0.1) is 6.61 Å². The molecule has 0 aliphatic heterocycles. The molecular formula is C26H27FO4S. The summed E-state index contributed by atoms with van der Waals surface area (Å²) in [6.45, 7) is -0.261. The van der Waals surface area contributed by atoms with Gasteiger partial charge in [0.2, 0.25) is 5.44 Å². The van der Waals surface area contributed by atoms with Crippen LogP contribution in [-0.4, -0.2) is 22.3 Å². The van der Waals surface area contributed by atoms with Gasteiger partial charge in [-0.2, -0.15) is 0 Å². The zero-order valence-electron chi connectivity index (χ0n) is 17.8. The molecule has 0 heterocycles. The van der Waals surface area contributed by atoms with Crippen molar-refractivity contribution in [1.29, 1.82) is 0 Å². The number of ether oxygens (including phenoxy) is 2. The van der Waals surface area contributed by atoms with Crippen LogP contribution in [0.15, 0.2) is 78.4 Å². The molecule has 3 unspecified atom stereocenters. The number of hydrogen-bond acceptors (Lipinski definition) is 4. The second-order valence-corrected chi connectivity index (χ2v) is 9.14. The fourth-order valence-electron chi connectivity index (χ4n) is 4.25. The number of carboxylic acids is 1. The summed E-state index contributed by atoms with van der Waals surface area (Å²) < 4.78 is 25.5. The van der Waals surface area contributed by atoms with Gasteiger partial charge in [-0.05, 0) is 42.0 Å². The molecule has 0 bridgehead atoms. The number of carbonyl (C=O) groups is 1. The van der Waals surface area contributed by atoms with Crippen LogP contribution in [0.2, 0.25) is 0 Å². The predicted octanol–water partition coefficient (Wildman–Crippen LogP) is 6.03. The van der Waals surface area contributed by atoms with E-state index in [1.807, 2.05) is 54.6 Å². The number of halogens is 1. The van der Waals surface area contributed by atoms with E-state index < -0.39 is 23.9 Å². The third kappa shape index (κ3) is 5.31. The van der Waals surface area contributed by atoms with E-state index in [0.717, 1.165) is 30.4 Å². The summed E-state index contributed by atoms with van der Waals surface area (Å²) in [7, 11) is 0. The maximum absolute atomic E-state index is 12.8. The van der Waals surface area contributed by atoms with Gasteiger partial charge in [0.25, 0.3) is 0 Å². The van der Waals surface area contributed by atoms with Gasteiger partial charge in [0.15, 0.2) is 5.79 Å². The maximum Gasteiger partial charge on any atom is 0.343 e. The number of carboxylic acid groups (broad SMARTS) is 1. The van der Waals surface area contributed by atoms with Gasteiger partial charge in [-0.15, -0.1) is 11.8 Å². The van der Waals surface area contributed by atoms with Crippen LogP contribution in [0, 0.1) is 5.92 Å². The van der Waals surface area contributed by atoms with Crippen molar-refractivity contribution in [3.63, 3.8) is 0 Å². The van der Waals surface area contributed by atoms with Gasteiger partial charge in [0, 0.05) is 11.7 Å². The van der Waals surface area contributed by atoms with E-state index in [9.17, 15) is 14.3 Å². The molecule has 0 amide bonds. The summed E-state index contributed by atoms with van der Waals surface area (Å²) in [5.41, 5.74) is 2.69. The molecule has 168 valence electrons. The van der Waals surface area contributed by atoms with Gasteiger partial charge in [0.1, 0.15) is 6.67 Å². The molecule has 0 radical (unpaired) electrons. The quantitative estimate of drug-likeness (QED) is 0.445. The summed E-state index contributed by atoms with van der Waals surface area (Å²) in [4.78, 5) is 12.1. The Kier molecular flexibility index (Phi) is 7.45. The van der Waals surface area contributed by atoms with Crippen molar-refractivity contribution in [2.75, 3.05) is 0 Å². The predicted molar refractivity (Wildman–Crippen MR) is 124 cm³/mol. The van der Waals surface area contributed by atoms with Crippen LogP contribution in [0.4, 0.5) is 4.39 Å². The normalized spacial score (nSPS) is 22.9. The molecule has 4 nitrogen and oxygen atoms in total. The molecule has 1 saturated carbocycles. The van der Waals surface area contributed by atoms with Crippen molar-refractivity contribution < 1.29 is 23.8 Å². The molecule has 0 spiro atoms. The number of alkyl halides is 1. The number of rotatable bonds is 10. The Balaban J connectivity index is 1.53. The van der Waals surface area contributed by atoms with E-state index in [4.69, 9.17) is 9.47 Å². The Labute approximate surface area is 192 Å². The van der Waals surface area contributed by atoms with Crippen LogP contribution in [0.5, 0.6) is 0 Å². The first-order valence-corrected chi connectivity index (χ1v) is 11.9. The summed E-state index contributed by atoms with van der Waals surface area (Å²) in [5.74, 6) is -1.66. The lowest BCUT2D eigenvalue weighted by molar-refractivity contribution is -0.242. The van der Waals surface area contributed by atoms with E-state index >= 15 is 0 Å². The van der Waals surface area contributed by atoms with Crippen LogP contribution in [0.25, 0.3) is 0 Å². The Hall–Kier alpha value is -2.41. The van der Waals surface area contributed by atoms with Crippen molar-refractivity contribution in [3.05, 3.63) is 95.1 Å². The SMILES string of the molecule is O=C(O)C(OC1(OCc2ccc(CF)cc2)C=CC=C2CCCC21)SCc1ccccc1. The lowest BCUT2D eigenvalue weighted by Crippen LogP contribution is -2.46. The Morgan fingerprint density at radius 1 is 1.12 bits per heavy atom. The highest BCUT2D eigenvalue weighted by molar-refractivity contribution is 7.99. The molecule has 2 aliphatic rings. The zero-order chi connectivity index (χ0) is 22.4. The van der Waals surface area contributed by atoms with E-state index in [0.29, 0.717) is 11.3 Å². The molecule has 6 heteroatoms. The largest absolute Gasteiger partial charge is 0.479 e. The number of aliphatic carboxylic acids is 1. The first-order chi connectivity index (χ1) is 15.6. The van der Waals surface area contributed by atoms with Crippen molar-refractivity contribution >= 4 is 17.7 Å². The van der Waals surface area contributed by atoms with Crippen LogP contribution in [0.1, 0.15) is 36.0 Å². The molecule has 4 rings (SSSR count). The smallest absolute Gasteiger partial charge is 0.343 e.